The van der Waals surface area contributed by atoms with Crippen LogP contribution in [0, 0.1) is 11.3 Å². The highest BCUT2D eigenvalue weighted by Gasteiger charge is 2.07. The number of benzene rings is 1. The first-order valence-electron chi connectivity index (χ1n) is 5.92. The number of rotatable bonds is 3. The monoisotopic (exact) mass is 331 g/mol. The minimum Gasteiger partial charge on any atom is -1.00 e. The fraction of sp³-hybridized carbons (Fsp3) is 0.133. The highest BCUT2D eigenvalue weighted by atomic mass is 79.9. The van der Waals surface area contributed by atoms with Gasteiger partial charge in [0.05, 0.1) is 6.07 Å². The van der Waals surface area contributed by atoms with Crippen molar-refractivity contribution in [1.82, 2.24) is 4.57 Å². The normalized spacial score (nSPS) is 10.0. The summed E-state index contributed by atoms with van der Waals surface area (Å²) in [5.41, 5.74) is 2.14. The van der Waals surface area contributed by atoms with Crippen LogP contribution in [0.5, 0.6) is 0 Å². The van der Waals surface area contributed by atoms with Gasteiger partial charge in [0, 0.05) is 13.0 Å². The summed E-state index contributed by atoms with van der Waals surface area (Å²) in [6.45, 7) is 2.24. The molecular weight excluding hydrogens is 318 g/mol. The van der Waals surface area contributed by atoms with Gasteiger partial charge in [0.2, 0.25) is 0 Å². The number of allylic oxidation sites excluding steroid dienone is 1. The predicted molar refractivity (Wildman–Crippen MR) is 71.1 cm³/mol. The van der Waals surface area contributed by atoms with Crippen molar-refractivity contribution >= 4 is 12.0 Å². The maximum Gasteiger partial charge on any atom is 0.310 e. The summed E-state index contributed by atoms with van der Waals surface area (Å²) in [7, 11) is 0. The Balaban J connectivity index is 0.00000200. The SMILES string of the molecule is CC(=O)[n+]1ccn(Cc2ccc(/C=C/C#N)cc2)c1.[Br-]. The van der Waals surface area contributed by atoms with E-state index in [1.807, 2.05) is 41.1 Å². The standard InChI is InChI=1S/C15H14N3O.BrH/c1-13(19)18-10-9-17(12-18)11-15-6-4-14(5-7-15)3-2-8-16;/h2-7,9-10,12H,11H2,1H3;1H/q+1;/p-1/b3-2+;. The number of carbonyl (C=O) groups is 1. The topological polar surface area (TPSA) is 49.7 Å². The maximum atomic E-state index is 11.2. The Morgan fingerprint density at radius 2 is 2.10 bits per heavy atom. The zero-order valence-electron chi connectivity index (χ0n) is 11.0. The Morgan fingerprint density at radius 3 is 2.65 bits per heavy atom. The molecule has 0 aliphatic carbocycles. The summed E-state index contributed by atoms with van der Waals surface area (Å²) in [6, 6.07) is 9.91. The van der Waals surface area contributed by atoms with Gasteiger partial charge in [-0.1, -0.05) is 24.3 Å². The van der Waals surface area contributed by atoms with Crippen LogP contribution >= 0.6 is 0 Å². The number of hydrogen-bond acceptors (Lipinski definition) is 2. The fourth-order valence-electron chi connectivity index (χ4n) is 1.75. The van der Waals surface area contributed by atoms with Gasteiger partial charge in [0.15, 0.2) is 0 Å². The second kappa shape index (κ2) is 7.41. The number of nitriles is 1. The van der Waals surface area contributed by atoms with E-state index in [1.54, 1.807) is 23.2 Å². The summed E-state index contributed by atoms with van der Waals surface area (Å²) < 4.78 is 3.49. The molecule has 0 saturated carbocycles. The van der Waals surface area contributed by atoms with E-state index in [2.05, 4.69) is 0 Å². The van der Waals surface area contributed by atoms with Gasteiger partial charge >= 0.3 is 5.91 Å². The molecule has 0 bridgehead atoms. The molecule has 0 aliphatic rings. The number of nitrogens with zero attached hydrogens (tertiary/aromatic N) is 3. The third-order valence-electron chi connectivity index (χ3n) is 2.75. The van der Waals surface area contributed by atoms with Crippen LogP contribution in [0.25, 0.3) is 6.08 Å². The van der Waals surface area contributed by atoms with Crippen molar-refractivity contribution in [2.75, 3.05) is 0 Å². The molecular formula is C15H14BrN3O. The van der Waals surface area contributed by atoms with Crippen LogP contribution in [0.3, 0.4) is 0 Å². The van der Waals surface area contributed by atoms with Crippen molar-refractivity contribution in [3.8, 4) is 6.07 Å². The van der Waals surface area contributed by atoms with Gasteiger partial charge in [-0.2, -0.15) is 9.83 Å². The summed E-state index contributed by atoms with van der Waals surface area (Å²) in [5, 5.41) is 8.45. The molecule has 0 N–H and O–H groups in total. The predicted octanol–water partition coefficient (Wildman–Crippen LogP) is -0.975. The average Bonchev–Trinajstić information content (AvgIpc) is 2.87. The molecule has 0 amide bonds. The first-order chi connectivity index (χ1) is 9.19. The zero-order valence-corrected chi connectivity index (χ0v) is 12.6. The molecule has 0 fully saturated rings. The third kappa shape index (κ3) is 4.18. The molecule has 4 nitrogen and oxygen atoms in total. The first kappa shape index (κ1) is 15.9. The molecule has 1 heterocycles. The van der Waals surface area contributed by atoms with E-state index in [4.69, 9.17) is 5.26 Å². The summed E-state index contributed by atoms with van der Waals surface area (Å²) in [4.78, 5) is 11.2. The van der Waals surface area contributed by atoms with Crippen LogP contribution in [0.4, 0.5) is 0 Å². The minimum atomic E-state index is -0.00395. The van der Waals surface area contributed by atoms with Crippen LogP contribution in [-0.4, -0.2) is 10.5 Å². The van der Waals surface area contributed by atoms with E-state index < -0.39 is 0 Å². The van der Waals surface area contributed by atoms with Gasteiger partial charge in [-0.25, -0.2) is 9.36 Å². The van der Waals surface area contributed by atoms with Crippen molar-refractivity contribution in [3.05, 3.63) is 60.2 Å². The van der Waals surface area contributed by atoms with E-state index in [0.29, 0.717) is 6.54 Å². The molecule has 0 saturated heterocycles. The number of hydrogen-bond donors (Lipinski definition) is 0. The highest BCUT2D eigenvalue weighted by Crippen LogP contribution is 2.07. The van der Waals surface area contributed by atoms with Crippen molar-refractivity contribution in [3.63, 3.8) is 0 Å². The van der Waals surface area contributed by atoms with E-state index in [0.717, 1.165) is 11.1 Å². The lowest BCUT2D eigenvalue weighted by Gasteiger charge is -1.98. The Kier molecular flexibility index (Phi) is 5.88. The summed E-state index contributed by atoms with van der Waals surface area (Å²) in [5.74, 6) is -0.00395. The highest BCUT2D eigenvalue weighted by molar-refractivity contribution is 5.62. The lowest BCUT2D eigenvalue weighted by atomic mass is 10.1. The third-order valence-corrected chi connectivity index (χ3v) is 2.75. The number of carbonyl (C=O) groups excluding carboxylic acids is 1. The van der Waals surface area contributed by atoms with Crippen LogP contribution in [-0.2, 0) is 6.54 Å². The van der Waals surface area contributed by atoms with Gasteiger partial charge in [0.25, 0.3) is 6.33 Å². The first-order valence-corrected chi connectivity index (χ1v) is 5.92. The Labute approximate surface area is 128 Å². The number of imidazole rings is 1. The smallest absolute Gasteiger partial charge is 0.310 e. The van der Waals surface area contributed by atoms with E-state index in [9.17, 15) is 4.79 Å². The quantitative estimate of drug-likeness (QED) is 0.536. The zero-order chi connectivity index (χ0) is 13.7. The van der Waals surface area contributed by atoms with Crippen LogP contribution in [0.15, 0.2) is 49.1 Å². The van der Waals surface area contributed by atoms with Crippen LogP contribution in [0.1, 0.15) is 22.8 Å². The van der Waals surface area contributed by atoms with E-state index >= 15 is 0 Å². The molecule has 1 aromatic heterocycles. The van der Waals surface area contributed by atoms with Gasteiger partial charge in [0.1, 0.15) is 18.9 Å². The molecule has 102 valence electrons. The van der Waals surface area contributed by atoms with E-state index in [-0.39, 0.29) is 22.9 Å². The van der Waals surface area contributed by atoms with Crippen molar-refractivity contribution in [2.45, 2.75) is 13.5 Å². The van der Waals surface area contributed by atoms with Gasteiger partial charge < -0.3 is 17.0 Å². The molecule has 0 atom stereocenters. The molecule has 0 aliphatic heterocycles. The Morgan fingerprint density at radius 1 is 1.40 bits per heavy atom. The Hall–Kier alpha value is -2.19. The summed E-state index contributed by atoms with van der Waals surface area (Å²) in [6.07, 6.45) is 8.60. The molecule has 0 spiro atoms. The molecule has 0 unspecified atom stereocenters. The molecule has 5 heteroatoms. The van der Waals surface area contributed by atoms with Gasteiger partial charge in [-0.05, 0) is 17.2 Å². The van der Waals surface area contributed by atoms with E-state index in [1.165, 1.54) is 13.0 Å². The molecule has 20 heavy (non-hydrogen) atoms. The number of aromatic nitrogens is 2. The maximum absolute atomic E-state index is 11.2. The van der Waals surface area contributed by atoms with Crippen molar-refractivity contribution in [2.24, 2.45) is 0 Å². The molecule has 1 aromatic carbocycles. The fourth-order valence-corrected chi connectivity index (χ4v) is 1.75. The molecule has 2 aromatic rings. The lowest BCUT2D eigenvalue weighted by Crippen LogP contribution is -3.00. The average molecular weight is 332 g/mol. The lowest BCUT2D eigenvalue weighted by molar-refractivity contribution is -0.572. The van der Waals surface area contributed by atoms with Gasteiger partial charge in [-0.3, -0.25) is 0 Å². The van der Waals surface area contributed by atoms with Crippen LogP contribution < -0.4 is 21.5 Å². The number of halogens is 1. The second-order valence-electron chi connectivity index (χ2n) is 4.22. The van der Waals surface area contributed by atoms with Gasteiger partial charge in [-0.15, -0.1) is 0 Å². The van der Waals surface area contributed by atoms with Crippen molar-refractivity contribution in [1.29, 1.82) is 5.26 Å². The largest absolute Gasteiger partial charge is 1.00 e. The minimum absolute atomic E-state index is 0. The Bertz CT molecular complexity index is 651. The molecule has 0 radical (unpaired) electrons. The summed E-state index contributed by atoms with van der Waals surface area (Å²) >= 11 is 0. The second-order valence-corrected chi connectivity index (χ2v) is 4.22. The van der Waals surface area contributed by atoms with Crippen LogP contribution in [0.2, 0.25) is 0 Å². The molecule has 2 rings (SSSR count). The van der Waals surface area contributed by atoms with Crippen molar-refractivity contribution < 1.29 is 26.3 Å².